The van der Waals surface area contributed by atoms with Gasteiger partial charge in [-0.1, -0.05) is 40.0 Å². The molecule has 1 aliphatic carbocycles. The Morgan fingerprint density at radius 3 is 2.16 bits per heavy atom. The van der Waals surface area contributed by atoms with Gasteiger partial charge in [0.05, 0.1) is 12.2 Å². The highest BCUT2D eigenvalue weighted by atomic mass is 16.2. The lowest BCUT2D eigenvalue weighted by molar-refractivity contribution is -0.130. The second-order valence-corrected chi connectivity index (χ2v) is 6.34. The van der Waals surface area contributed by atoms with Crippen LogP contribution in [0.1, 0.15) is 65.7 Å². The number of rotatable bonds is 5. The van der Waals surface area contributed by atoms with Crippen LogP contribution in [0.15, 0.2) is 0 Å². The van der Waals surface area contributed by atoms with Gasteiger partial charge < -0.3 is 4.90 Å². The Balaban J connectivity index is 1.89. The van der Waals surface area contributed by atoms with Crippen molar-refractivity contribution in [1.82, 2.24) is 10.2 Å². The van der Waals surface area contributed by atoms with Gasteiger partial charge in [-0.25, -0.2) is 0 Å². The van der Waals surface area contributed by atoms with E-state index in [1.54, 1.807) is 0 Å². The molecule has 3 nitrogen and oxygen atoms in total. The zero-order valence-electron chi connectivity index (χ0n) is 12.8. The molecule has 0 radical (unpaired) electrons. The van der Waals surface area contributed by atoms with Crippen LogP contribution in [0.25, 0.3) is 0 Å². The fourth-order valence-electron chi connectivity index (χ4n) is 3.70. The Bertz CT molecular complexity index is 297. The van der Waals surface area contributed by atoms with Crippen LogP contribution in [-0.2, 0) is 4.79 Å². The van der Waals surface area contributed by atoms with Crippen LogP contribution in [0.5, 0.6) is 0 Å². The van der Waals surface area contributed by atoms with Crippen LogP contribution in [0, 0.1) is 11.8 Å². The molecule has 2 rings (SSSR count). The highest BCUT2D eigenvalue weighted by Crippen LogP contribution is 2.32. The lowest BCUT2D eigenvalue weighted by Crippen LogP contribution is -2.40. The third-order valence-electron chi connectivity index (χ3n) is 5.14. The first-order valence-electron chi connectivity index (χ1n) is 8.26. The highest BCUT2D eigenvalue weighted by molar-refractivity contribution is 5.84. The summed E-state index contributed by atoms with van der Waals surface area (Å²) in [6.45, 7) is 7.55. The fraction of sp³-hybridized carbons (Fsp3) is 0.938. The number of nitrogens with one attached hydrogen (secondary N) is 1. The zero-order valence-corrected chi connectivity index (χ0v) is 12.8. The van der Waals surface area contributed by atoms with E-state index in [2.05, 4.69) is 31.0 Å². The molecule has 0 aromatic carbocycles. The van der Waals surface area contributed by atoms with Gasteiger partial charge >= 0.3 is 0 Å². The van der Waals surface area contributed by atoms with Crippen LogP contribution in [-0.4, -0.2) is 29.6 Å². The van der Waals surface area contributed by atoms with Crippen LogP contribution < -0.4 is 5.32 Å². The van der Waals surface area contributed by atoms with Crippen LogP contribution in [0.4, 0.5) is 0 Å². The van der Waals surface area contributed by atoms with Crippen molar-refractivity contribution in [1.29, 1.82) is 0 Å². The number of hydrogen-bond acceptors (Lipinski definition) is 2. The summed E-state index contributed by atoms with van der Waals surface area (Å²) in [4.78, 5) is 14.5. The molecule has 1 amide bonds. The molecule has 2 unspecified atom stereocenters. The number of carbonyl (C=O) groups is 1. The number of amides is 1. The lowest BCUT2D eigenvalue weighted by Gasteiger charge is -2.32. The minimum atomic E-state index is 0.0666. The first-order valence-corrected chi connectivity index (χ1v) is 8.26. The summed E-state index contributed by atoms with van der Waals surface area (Å²) in [5.41, 5.74) is 0. The third kappa shape index (κ3) is 3.31. The lowest BCUT2D eigenvalue weighted by atomic mass is 9.80. The van der Waals surface area contributed by atoms with E-state index in [0.29, 0.717) is 5.91 Å². The normalized spacial score (nSPS) is 35.9. The van der Waals surface area contributed by atoms with E-state index in [-0.39, 0.29) is 12.2 Å². The average molecular weight is 266 g/mol. The Labute approximate surface area is 118 Å². The molecule has 3 heteroatoms. The standard InChI is InChI=1S/C16H30N2O/c1-4-12-7-9-13(10-8-12)11-18-15(6-3)17-14(5-2)16(18)19/h12-15,17H,4-11H2,1-3H3. The van der Waals surface area contributed by atoms with E-state index in [0.717, 1.165) is 31.2 Å². The predicted octanol–water partition coefficient (Wildman–Crippen LogP) is 3.15. The molecule has 2 aliphatic rings. The molecule has 0 aromatic heterocycles. The van der Waals surface area contributed by atoms with Crippen molar-refractivity contribution in [3.05, 3.63) is 0 Å². The molecule has 1 aliphatic heterocycles. The van der Waals surface area contributed by atoms with Crippen molar-refractivity contribution in [2.75, 3.05) is 6.54 Å². The van der Waals surface area contributed by atoms with Crippen molar-refractivity contribution in [2.45, 2.75) is 77.9 Å². The topological polar surface area (TPSA) is 32.3 Å². The molecular weight excluding hydrogens is 236 g/mol. The minimum Gasteiger partial charge on any atom is -0.326 e. The largest absolute Gasteiger partial charge is 0.326 e. The van der Waals surface area contributed by atoms with Gasteiger partial charge in [0, 0.05) is 6.54 Å². The SMILES string of the molecule is CCC1CCC(CN2C(=O)C(CC)NC2CC)CC1. The molecule has 0 spiro atoms. The monoisotopic (exact) mass is 266 g/mol. The van der Waals surface area contributed by atoms with E-state index in [9.17, 15) is 4.79 Å². The third-order valence-corrected chi connectivity index (χ3v) is 5.14. The minimum absolute atomic E-state index is 0.0666. The molecule has 1 saturated carbocycles. The van der Waals surface area contributed by atoms with Gasteiger partial charge in [0.25, 0.3) is 0 Å². The summed E-state index contributed by atoms with van der Waals surface area (Å²) >= 11 is 0. The maximum absolute atomic E-state index is 12.4. The fourth-order valence-corrected chi connectivity index (χ4v) is 3.70. The van der Waals surface area contributed by atoms with Gasteiger partial charge in [-0.2, -0.15) is 0 Å². The van der Waals surface area contributed by atoms with E-state index in [1.807, 2.05) is 0 Å². The summed E-state index contributed by atoms with van der Waals surface area (Å²) < 4.78 is 0. The number of hydrogen-bond donors (Lipinski definition) is 1. The molecular formula is C16H30N2O. The van der Waals surface area contributed by atoms with Gasteiger partial charge in [-0.15, -0.1) is 0 Å². The van der Waals surface area contributed by atoms with E-state index in [1.165, 1.54) is 32.1 Å². The maximum Gasteiger partial charge on any atom is 0.241 e. The summed E-state index contributed by atoms with van der Waals surface area (Å²) in [6, 6.07) is 0.0666. The smallest absolute Gasteiger partial charge is 0.241 e. The Hall–Kier alpha value is -0.570. The molecule has 19 heavy (non-hydrogen) atoms. The van der Waals surface area contributed by atoms with Crippen LogP contribution in [0.3, 0.4) is 0 Å². The van der Waals surface area contributed by atoms with Gasteiger partial charge in [0.1, 0.15) is 0 Å². The van der Waals surface area contributed by atoms with Gasteiger partial charge in [0.2, 0.25) is 5.91 Å². The first-order chi connectivity index (χ1) is 9.19. The number of carbonyl (C=O) groups excluding carboxylic acids is 1. The maximum atomic E-state index is 12.4. The van der Waals surface area contributed by atoms with Crippen molar-refractivity contribution in [3.63, 3.8) is 0 Å². The van der Waals surface area contributed by atoms with Gasteiger partial charge in [-0.3, -0.25) is 10.1 Å². The highest BCUT2D eigenvalue weighted by Gasteiger charge is 2.38. The Morgan fingerprint density at radius 1 is 1.00 bits per heavy atom. The summed E-state index contributed by atoms with van der Waals surface area (Å²) in [5.74, 6) is 2.01. The van der Waals surface area contributed by atoms with E-state index < -0.39 is 0 Å². The van der Waals surface area contributed by atoms with Crippen LogP contribution >= 0.6 is 0 Å². The van der Waals surface area contributed by atoms with Crippen LogP contribution in [0.2, 0.25) is 0 Å². The van der Waals surface area contributed by atoms with Crippen molar-refractivity contribution in [2.24, 2.45) is 11.8 Å². The zero-order chi connectivity index (χ0) is 13.8. The van der Waals surface area contributed by atoms with Crippen molar-refractivity contribution >= 4 is 5.91 Å². The quantitative estimate of drug-likeness (QED) is 0.829. The van der Waals surface area contributed by atoms with E-state index in [4.69, 9.17) is 0 Å². The summed E-state index contributed by atoms with van der Waals surface area (Å²) in [6.07, 6.45) is 8.90. The summed E-state index contributed by atoms with van der Waals surface area (Å²) in [5, 5.41) is 3.48. The average Bonchev–Trinajstić information content (AvgIpc) is 2.76. The molecule has 2 fully saturated rings. The van der Waals surface area contributed by atoms with Gasteiger partial charge in [0.15, 0.2) is 0 Å². The second kappa shape index (κ2) is 6.74. The molecule has 1 heterocycles. The second-order valence-electron chi connectivity index (χ2n) is 6.34. The molecule has 1 saturated heterocycles. The van der Waals surface area contributed by atoms with Gasteiger partial charge in [-0.05, 0) is 37.5 Å². The van der Waals surface area contributed by atoms with Crippen molar-refractivity contribution < 1.29 is 4.79 Å². The predicted molar refractivity (Wildman–Crippen MR) is 78.7 cm³/mol. The molecule has 110 valence electrons. The molecule has 2 atom stereocenters. The molecule has 0 aromatic rings. The van der Waals surface area contributed by atoms with Crippen molar-refractivity contribution in [3.8, 4) is 0 Å². The Morgan fingerprint density at radius 2 is 1.63 bits per heavy atom. The van der Waals surface area contributed by atoms with E-state index >= 15 is 0 Å². The summed E-state index contributed by atoms with van der Waals surface area (Å²) in [7, 11) is 0. The molecule has 1 N–H and O–H groups in total. The Kier molecular flexibility index (Phi) is 5.26. The number of nitrogens with zero attached hydrogens (tertiary/aromatic N) is 1. The first kappa shape index (κ1) is 14.8. The molecule has 0 bridgehead atoms.